The number of alkyl halides is 3. The maximum atomic E-state index is 14.6. The Kier molecular flexibility index (Phi) is 9.38. The third-order valence-electron chi connectivity index (χ3n) is 5.71. The van der Waals surface area contributed by atoms with Crippen molar-refractivity contribution in [3.05, 3.63) is 77.6 Å². The van der Waals surface area contributed by atoms with Gasteiger partial charge in [0.05, 0.1) is 26.1 Å². The van der Waals surface area contributed by atoms with E-state index in [2.05, 4.69) is 0 Å². The van der Waals surface area contributed by atoms with Crippen molar-refractivity contribution in [2.24, 2.45) is 0 Å². The first kappa shape index (κ1) is 27.8. The summed E-state index contributed by atoms with van der Waals surface area (Å²) < 4.78 is 71.8. The fourth-order valence-corrected chi connectivity index (χ4v) is 3.75. The van der Waals surface area contributed by atoms with Crippen LogP contribution < -0.4 is 14.2 Å². The molecule has 0 aliphatic heterocycles. The van der Waals surface area contributed by atoms with Crippen LogP contribution in [0.1, 0.15) is 43.2 Å². The van der Waals surface area contributed by atoms with Gasteiger partial charge in [-0.15, -0.1) is 0 Å². The molecule has 198 valence electrons. The van der Waals surface area contributed by atoms with Crippen LogP contribution in [0.3, 0.4) is 0 Å². The monoisotopic (exact) mass is 520 g/mol. The summed E-state index contributed by atoms with van der Waals surface area (Å²) in [5, 5.41) is 8.91. The van der Waals surface area contributed by atoms with Crippen molar-refractivity contribution >= 4 is 5.97 Å². The topological polar surface area (TPSA) is 65.0 Å². The van der Waals surface area contributed by atoms with Gasteiger partial charge in [-0.3, -0.25) is 4.79 Å². The lowest BCUT2D eigenvalue weighted by Crippen LogP contribution is -2.23. The highest BCUT2D eigenvalue weighted by Gasteiger charge is 2.42. The lowest BCUT2D eigenvalue weighted by Gasteiger charge is -2.19. The standard InChI is InChI=1S/C28H28F4O5/c1-3-4-12-36-26-13-18(8-10-22(26)23-15-20(35-2)9-11-25(23)29)17-37-21-7-5-6-19(14-21)24(16-27(33)34)28(30,31)32/h5-11,13-15,24H,3-4,12,16-17H2,1-2H3,(H,33,34)/t24-/m1/s1. The summed E-state index contributed by atoms with van der Waals surface area (Å²) in [4.78, 5) is 11.0. The molecule has 3 aromatic carbocycles. The van der Waals surface area contributed by atoms with Crippen LogP contribution in [0.4, 0.5) is 17.6 Å². The van der Waals surface area contributed by atoms with Crippen LogP contribution in [0.15, 0.2) is 60.7 Å². The highest BCUT2D eigenvalue weighted by atomic mass is 19.4. The molecule has 37 heavy (non-hydrogen) atoms. The first-order valence-corrected chi connectivity index (χ1v) is 11.7. The SMILES string of the molecule is CCCCOc1cc(COc2cccc([C@@H](CC(=O)O)C(F)(F)F)c2)ccc1-c1cc(OC)ccc1F. The summed E-state index contributed by atoms with van der Waals surface area (Å²) in [5.41, 5.74) is 1.30. The normalized spacial score (nSPS) is 12.2. The van der Waals surface area contributed by atoms with Crippen molar-refractivity contribution in [2.45, 2.75) is 44.9 Å². The van der Waals surface area contributed by atoms with Crippen LogP contribution in [0.5, 0.6) is 17.2 Å². The molecular formula is C28H28F4O5. The number of carbonyl (C=O) groups is 1. The number of unbranched alkanes of at least 4 members (excludes halogenated alkanes) is 1. The van der Waals surface area contributed by atoms with Crippen molar-refractivity contribution in [3.63, 3.8) is 0 Å². The largest absolute Gasteiger partial charge is 0.497 e. The van der Waals surface area contributed by atoms with Gasteiger partial charge < -0.3 is 19.3 Å². The molecule has 3 rings (SSSR count). The van der Waals surface area contributed by atoms with Gasteiger partial charge >= 0.3 is 12.1 Å². The highest BCUT2D eigenvalue weighted by Crippen LogP contribution is 2.39. The van der Waals surface area contributed by atoms with E-state index in [-0.39, 0.29) is 17.9 Å². The molecule has 0 saturated carbocycles. The molecule has 0 bridgehead atoms. The van der Waals surface area contributed by atoms with Crippen molar-refractivity contribution in [3.8, 4) is 28.4 Å². The van der Waals surface area contributed by atoms with Gasteiger partial charge in [-0.1, -0.05) is 37.6 Å². The van der Waals surface area contributed by atoms with E-state index in [4.69, 9.17) is 19.3 Å². The van der Waals surface area contributed by atoms with E-state index >= 15 is 0 Å². The molecule has 0 unspecified atom stereocenters. The van der Waals surface area contributed by atoms with Crippen molar-refractivity contribution in [1.29, 1.82) is 0 Å². The number of ether oxygens (including phenoxy) is 3. The average molecular weight is 521 g/mol. The van der Waals surface area contributed by atoms with E-state index in [1.165, 1.54) is 43.5 Å². The molecule has 0 aromatic heterocycles. The minimum Gasteiger partial charge on any atom is -0.497 e. The van der Waals surface area contributed by atoms with Gasteiger partial charge in [0, 0.05) is 11.1 Å². The number of carboxylic acid groups (broad SMARTS) is 1. The van der Waals surface area contributed by atoms with Gasteiger partial charge in [0.25, 0.3) is 0 Å². The number of halogens is 4. The maximum Gasteiger partial charge on any atom is 0.396 e. The predicted octanol–water partition coefficient (Wildman–Crippen LogP) is 7.38. The fraction of sp³-hybridized carbons (Fsp3) is 0.321. The van der Waals surface area contributed by atoms with Gasteiger partial charge in [0.1, 0.15) is 29.7 Å². The van der Waals surface area contributed by atoms with Gasteiger partial charge in [-0.05, 0) is 53.9 Å². The van der Waals surface area contributed by atoms with Crippen LogP contribution >= 0.6 is 0 Å². The second-order valence-corrected chi connectivity index (χ2v) is 8.43. The van der Waals surface area contributed by atoms with Gasteiger partial charge in [0.2, 0.25) is 0 Å². The van der Waals surface area contributed by atoms with Gasteiger partial charge in [-0.2, -0.15) is 13.2 Å². The van der Waals surface area contributed by atoms with E-state index < -0.39 is 30.3 Å². The molecule has 0 amide bonds. The molecule has 3 aromatic rings. The third-order valence-corrected chi connectivity index (χ3v) is 5.71. The third kappa shape index (κ3) is 7.62. The zero-order valence-electron chi connectivity index (χ0n) is 20.5. The van der Waals surface area contributed by atoms with Crippen molar-refractivity contribution in [2.75, 3.05) is 13.7 Å². The zero-order valence-corrected chi connectivity index (χ0v) is 20.5. The molecule has 1 N–H and O–H groups in total. The Morgan fingerprint density at radius 1 is 0.973 bits per heavy atom. The number of aliphatic carboxylic acids is 1. The van der Waals surface area contributed by atoms with E-state index in [9.17, 15) is 22.4 Å². The summed E-state index contributed by atoms with van der Waals surface area (Å²) in [6.45, 7) is 2.44. The molecule has 0 aliphatic rings. The van der Waals surface area contributed by atoms with E-state index in [1.54, 1.807) is 24.3 Å². The minimum absolute atomic E-state index is 0.00405. The van der Waals surface area contributed by atoms with Crippen LogP contribution in [0, 0.1) is 5.82 Å². The Labute approximate surface area is 212 Å². The van der Waals surface area contributed by atoms with Gasteiger partial charge in [-0.25, -0.2) is 4.39 Å². The Balaban J connectivity index is 1.85. The minimum atomic E-state index is -4.72. The Morgan fingerprint density at radius 2 is 1.76 bits per heavy atom. The van der Waals surface area contributed by atoms with E-state index in [0.29, 0.717) is 34.8 Å². The second kappa shape index (κ2) is 12.5. The van der Waals surface area contributed by atoms with E-state index in [1.807, 2.05) is 6.92 Å². The maximum absolute atomic E-state index is 14.6. The molecule has 0 fully saturated rings. The molecule has 0 aliphatic carbocycles. The Morgan fingerprint density at radius 3 is 2.43 bits per heavy atom. The molecule has 5 nitrogen and oxygen atoms in total. The summed E-state index contributed by atoms with van der Waals surface area (Å²) in [7, 11) is 1.49. The van der Waals surface area contributed by atoms with Crippen LogP contribution in [0.2, 0.25) is 0 Å². The predicted molar refractivity (Wildman–Crippen MR) is 131 cm³/mol. The number of benzene rings is 3. The molecule has 0 saturated heterocycles. The summed E-state index contributed by atoms with van der Waals surface area (Å²) in [6, 6.07) is 14.8. The lowest BCUT2D eigenvalue weighted by atomic mass is 9.95. The number of carboxylic acids is 1. The quantitative estimate of drug-likeness (QED) is 0.199. The Hall–Kier alpha value is -3.75. The number of hydrogen-bond donors (Lipinski definition) is 1. The molecule has 1 atom stereocenters. The first-order valence-electron chi connectivity index (χ1n) is 11.7. The number of hydrogen-bond acceptors (Lipinski definition) is 4. The summed E-state index contributed by atoms with van der Waals surface area (Å²) in [6.07, 6.45) is -4.09. The molecule has 9 heteroatoms. The average Bonchev–Trinajstić information content (AvgIpc) is 2.86. The van der Waals surface area contributed by atoms with Crippen molar-refractivity contribution in [1.82, 2.24) is 0 Å². The molecule has 0 heterocycles. The molecular weight excluding hydrogens is 492 g/mol. The zero-order chi connectivity index (χ0) is 27.0. The number of rotatable bonds is 12. The van der Waals surface area contributed by atoms with Crippen molar-refractivity contribution < 1.29 is 41.7 Å². The highest BCUT2D eigenvalue weighted by molar-refractivity contribution is 5.72. The van der Waals surface area contributed by atoms with Crippen LogP contribution in [-0.4, -0.2) is 31.0 Å². The fourth-order valence-electron chi connectivity index (χ4n) is 3.75. The summed E-state index contributed by atoms with van der Waals surface area (Å²) >= 11 is 0. The van der Waals surface area contributed by atoms with E-state index in [0.717, 1.165) is 12.8 Å². The summed E-state index contributed by atoms with van der Waals surface area (Å²) in [5.74, 6) is -3.05. The molecule has 0 radical (unpaired) electrons. The molecule has 0 spiro atoms. The second-order valence-electron chi connectivity index (χ2n) is 8.43. The smallest absolute Gasteiger partial charge is 0.396 e. The Bertz CT molecular complexity index is 1210. The van der Waals surface area contributed by atoms with Crippen LogP contribution in [-0.2, 0) is 11.4 Å². The van der Waals surface area contributed by atoms with Crippen LogP contribution in [0.25, 0.3) is 11.1 Å². The lowest BCUT2D eigenvalue weighted by molar-refractivity contribution is -0.163. The number of methoxy groups -OCH3 is 1. The van der Waals surface area contributed by atoms with Gasteiger partial charge in [0.15, 0.2) is 0 Å². The first-order chi connectivity index (χ1) is 17.6.